The second-order valence-corrected chi connectivity index (χ2v) is 5.79. The second kappa shape index (κ2) is 7.21. The highest BCUT2D eigenvalue weighted by Crippen LogP contribution is 2.21. The predicted molar refractivity (Wildman–Crippen MR) is 96.0 cm³/mol. The van der Waals surface area contributed by atoms with Crippen molar-refractivity contribution >= 4 is 17.9 Å². The summed E-state index contributed by atoms with van der Waals surface area (Å²) < 4.78 is 0. The number of rotatable bonds is 3. The molecule has 0 aromatic heterocycles. The molecular formula is C21H21NO. The molecule has 0 unspecified atom stereocenters. The highest BCUT2D eigenvalue weighted by Gasteiger charge is 2.25. The molecule has 0 bridgehead atoms. The molecule has 0 spiro atoms. The van der Waals surface area contributed by atoms with Crippen LogP contribution in [0.5, 0.6) is 0 Å². The summed E-state index contributed by atoms with van der Waals surface area (Å²) >= 11 is 0. The lowest BCUT2D eigenvalue weighted by atomic mass is 9.94. The number of likely N-dealkylation sites (N-methyl/N-ethyl adjacent to an activating group) is 1. The first-order chi connectivity index (χ1) is 11.3. The number of piperidine rings is 1. The molecule has 1 heterocycles. The molecule has 0 radical (unpaired) electrons. The van der Waals surface area contributed by atoms with E-state index in [1.165, 1.54) is 0 Å². The summed E-state index contributed by atoms with van der Waals surface area (Å²) in [6.45, 7) is 4.51. The van der Waals surface area contributed by atoms with E-state index in [1.807, 2.05) is 72.8 Å². The van der Waals surface area contributed by atoms with Crippen molar-refractivity contribution in [3.63, 3.8) is 0 Å². The Labute approximate surface area is 137 Å². The van der Waals surface area contributed by atoms with Crippen LogP contribution in [-0.2, 0) is 4.79 Å². The van der Waals surface area contributed by atoms with Crippen LogP contribution < -0.4 is 0 Å². The molecule has 23 heavy (non-hydrogen) atoms. The van der Waals surface area contributed by atoms with Gasteiger partial charge in [-0.1, -0.05) is 67.6 Å². The van der Waals surface area contributed by atoms with Gasteiger partial charge in [-0.25, -0.2) is 0 Å². The van der Waals surface area contributed by atoms with Gasteiger partial charge in [-0.2, -0.15) is 0 Å². The van der Waals surface area contributed by atoms with Gasteiger partial charge in [0.1, 0.15) is 0 Å². The number of benzene rings is 2. The van der Waals surface area contributed by atoms with Crippen molar-refractivity contribution in [2.45, 2.75) is 6.92 Å². The van der Waals surface area contributed by atoms with E-state index in [9.17, 15) is 4.79 Å². The van der Waals surface area contributed by atoms with E-state index in [2.05, 4.69) is 11.8 Å². The molecule has 1 aliphatic rings. The normalized spacial score (nSPS) is 19.4. The Morgan fingerprint density at radius 2 is 1.26 bits per heavy atom. The van der Waals surface area contributed by atoms with Crippen molar-refractivity contribution in [1.82, 2.24) is 4.90 Å². The number of Topliss-reactive ketones (excluding diaryl/α,β-unsaturated/α-hetero) is 1. The predicted octanol–water partition coefficient (Wildman–Crippen LogP) is 4.06. The monoisotopic (exact) mass is 303 g/mol. The van der Waals surface area contributed by atoms with Crippen molar-refractivity contribution in [3.8, 4) is 0 Å². The second-order valence-electron chi connectivity index (χ2n) is 5.79. The van der Waals surface area contributed by atoms with E-state index in [0.29, 0.717) is 0 Å². The van der Waals surface area contributed by atoms with E-state index >= 15 is 0 Å². The molecule has 3 rings (SSSR count). The van der Waals surface area contributed by atoms with Gasteiger partial charge in [0.2, 0.25) is 0 Å². The summed E-state index contributed by atoms with van der Waals surface area (Å²) in [5.41, 5.74) is 3.89. The van der Waals surface area contributed by atoms with Crippen LogP contribution in [0.4, 0.5) is 0 Å². The summed E-state index contributed by atoms with van der Waals surface area (Å²) in [6, 6.07) is 20.1. The number of carbonyl (C=O) groups is 1. The zero-order chi connectivity index (χ0) is 16.1. The quantitative estimate of drug-likeness (QED) is 0.797. The topological polar surface area (TPSA) is 20.3 Å². The SMILES string of the molecule is CCN1CC(=Cc2ccccc2)C(=O)/C(=C\c2ccccc2)C1. The lowest BCUT2D eigenvalue weighted by Crippen LogP contribution is -2.37. The van der Waals surface area contributed by atoms with Crippen LogP contribution in [0, 0.1) is 0 Å². The fourth-order valence-electron chi connectivity index (χ4n) is 2.83. The van der Waals surface area contributed by atoms with Gasteiger partial charge in [0.15, 0.2) is 5.78 Å². The molecule has 0 N–H and O–H groups in total. The number of hydrogen-bond acceptors (Lipinski definition) is 2. The van der Waals surface area contributed by atoms with Crippen LogP contribution in [0.1, 0.15) is 18.1 Å². The molecule has 1 aliphatic heterocycles. The number of likely N-dealkylation sites (tertiary alicyclic amines) is 1. The minimum absolute atomic E-state index is 0.169. The molecule has 0 atom stereocenters. The van der Waals surface area contributed by atoms with Crippen molar-refractivity contribution in [2.24, 2.45) is 0 Å². The summed E-state index contributed by atoms with van der Waals surface area (Å²) in [7, 11) is 0. The van der Waals surface area contributed by atoms with E-state index < -0.39 is 0 Å². The van der Waals surface area contributed by atoms with E-state index in [-0.39, 0.29) is 5.78 Å². The Morgan fingerprint density at radius 3 is 1.65 bits per heavy atom. The Morgan fingerprint density at radius 1 is 0.826 bits per heavy atom. The van der Waals surface area contributed by atoms with Gasteiger partial charge in [0, 0.05) is 24.2 Å². The Balaban J connectivity index is 1.94. The first kappa shape index (κ1) is 15.4. The molecule has 1 fully saturated rings. The maximum absolute atomic E-state index is 12.8. The molecule has 0 amide bonds. The minimum Gasteiger partial charge on any atom is -0.295 e. The highest BCUT2D eigenvalue weighted by molar-refractivity contribution is 6.14. The average molecular weight is 303 g/mol. The molecule has 2 heteroatoms. The number of ketones is 1. The third-order valence-corrected chi connectivity index (χ3v) is 4.10. The Hall–Kier alpha value is -2.45. The molecule has 2 aromatic rings. The van der Waals surface area contributed by atoms with Gasteiger partial charge in [-0.15, -0.1) is 0 Å². The lowest BCUT2D eigenvalue weighted by Gasteiger charge is -2.28. The van der Waals surface area contributed by atoms with Gasteiger partial charge in [0.05, 0.1) is 0 Å². The van der Waals surface area contributed by atoms with Crippen molar-refractivity contribution in [1.29, 1.82) is 0 Å². The van der Waals surface area contributed by atoms with Crippen LogP contribution in [0.25, 0.3) is 12.2 Å². The fourth-order valence-corrected chi connectivity index (χ4v) is 2.83. The number of hydrogen-bond donors (Lipinski definition) is 0. The van der Waals surface area contributed by atoms with Crippen LogP contribution in [0.2, 0.25) is 0 Å². The fraction of sp³-hybridized carbons (Fsp3) is 0.190. The van der Waals surface area contributed by atoms with E-state index in [0.717, 1.165) is 41.9 Å². The lowest BCUT2D eigenvalue weighted by molar-refractivity contribution is -0.113. The zero-order valence-corrected chi connectivity index (χ0v) is 13.4. The standard InChI is InChI=1S/C21H21NO/c1-2-22-15-19(13-17-9-5-3-6-10-17)21(23)20(16-22)14-18-11-7-4-8-12-18/h3-14H,2,15-16H2,1H3/b19-13-,20-14?. The van der Waals surface area contributed by atoms with E-state index in [1.54, 1.807) is 0 Å². The largest absolute Gasteiger partial charge is 0.295 e. The van der Waals surface area contributed by atoms with Gasteiger partial charge in [0.25, 0.3) is 0 Å². The molecule has 2 nitrogen and oxygen atoms in total. The zero-order valence-electron chi connectivity index (χ0n) is 13.4. The van der Waals surface area contributed by atoms with Gasteiger partial charge >= 0.3 is 0 Å². The van der Waals surface area contributed by atoms with Crippen LogP contribution in [0.15, 0.2) is 71.8 Å². The molecule has 1 saturated heterocycles. The van der Waals surface area contributed by atoms with Crippen molar-refractivity contribution in [2.75, 3.05) is 19.6 Å². The highest BCUT2D eigenvalue weighted by atomic mass is 16.1. The summed E-state index contributed by atoms with van der Waals surface area (Å²) in [6.07, 6.45) is 4.03. The number of carbonyl (C=O) groups excluding carboxylic acids is 1. The van der Waals surface area contributed by atoms with Crippen LogP contribution in [0.3, 0.4) is 0 Å². The molecule has 0 aliphatic carbocycles. The third kappa shape index (κ3) is 3.85. The first-order valence-corrected chi connectivity index (χ1v) is 8.04. The average Bonchev–Trinajstić information content (AvgIpc) is 2.60. The van der Waals surface area contributed by atoms with Crippen LogP contribution in [-0.4, -0.2) is 30.3 Å². The van der Waals surface area contributed by atoms with Crippen molar-refractivity contribution in [3.05, 3.63) is 82.9 Å². The summed E-state index contributed by atoms with van der Waals surface area (Å²) in [5.74, 6) is 0.169. The summed E-state index contributed by atoms with van der Waals surface area (Å²) in [4.78, 5) is 15.1. The first-order valence-electron chi connectivity index (χ1n) is 8.04. The number of nitrogens with zero attached hydrogens (tertiary/aromatic N) is 1. The van der Waals surface area contributed by atoms with Gasteiger partial charge < -0.3 is 0 Å². The maximum Gasteiger partial charge on any atom is 0.187 e. The third-order valence-electron chi connectivity index (χ3n) is 4.10. The summed E-state index contributed by atoms with van der Waals surface area (Å²) in [5, 5.41) is 0. The molecule has 116 valence electrons. The molecular weight excluding hydrogens is 282 g/mol. The van der Waals surface area contributed by atoms with E-state index in [4.69, 9.17) is 0 Å². The van der Waals surface area contributed by atoms with Crippen molar-refractivity contribution < 1.29 is 4.79 Å². The molecule has 2 aromatic carbocycles. The van der Waals surface area contributed by atoms with Crippen LogP contribution >= 0.6 is 0 Å². The Kier molecular flexibility index (Phi) is 4.84. The van der Waals surface area contributed by atoms with Gasteiger partial charge in [-0.3, -0.25) is 9.69 Å². The minimum atomic E-state index is 0.169. The molecule has 0 saturated carbocycles. The Bertz CT molecular complexity index is 667. The van der Waals surface area contributed by atoms with Gasteiger partial charge in [-0.05, 0) is 29.8 Å². The smallest absolute Gasteiger partial charge is 0.187 e. The maximum atomic E-state index is 12.8.